The summed E-state index contributed by atoms with van der Waals surface area (Å²) in [6, 6.07) is 14.1. The van der Waals surface area contributed by atoms with E-state index in [1.54, 1.807) is 0 Å². The van der Waals surface area contributed by atoms with Crippen LogP contribution in [0.25, 0.3) is 0 Å². The van der Waals surface area contributed by atoms with E-state index in [1.807, 2.05) is 37.4 Å². The van der Waals surface area contributed by atoms with E-state index in [9.17, 15) is 4.79 Å². The quantitative estimate of drug-likeness (QED) is 0.706. The summed E-state index contributed by atoms with van der Waals surface area (Å²) < 4.78 is 0. The first-order chi connectivity index (χ1) is 10.4. The largest absolute Gasteiger partial charge is 0.294 e. The van der Waals surface area contributed by atoms with Crippen LogP contribution in [0.2, 0.25) is 0 Å². The van der Waals surface area contributed by atoms with Crippen LogP contribution < -0.4 is 0 Å². The molecule has 0 amide bonds. The molecule has 22 heavy (non-hydrogen) atoms. The fourth-order valence-electron chi connectivity index (χ4n) is 2.69. The zero-order valence-corrected chi connectivity index (χ0v) is 14.0. The van der Waals surface area contributed by atoms with Gasteiger partial charge in [-0.3, -0.25) is 9.78 Å². The molecule has 0 spiro atoms. The summed E-state index contributed by atoms with van der Waals surface area (Å²) in [7, 11) is 0. The molecule has 0 unspecified atom stereocenters. The monoisotopic (exact) mass is 295 g/mol. The Bertz CT molecular complexity index is 608. The van der Waals surface area contributed by atoms with Crippen LogP contribution in [0.1, 0.15) is 68.1 Å². The first-order valence-corrected chi connectivity index (χ1v) is 7.95. The minimum Gasteiger partial charge on any atom is -0.294 e. The maximum atomic E-state index is 11.8. The van der Waals surface area contributed by atoms with Crippen LogP contribution in [-0.4, -0.2) is 10.8 Å². The summed E-state index contributed by atoms with van der Waals surface area (Å²) in [5.74, 6) is 0.448. The molecule has 0 aliphatic rings. The highest BCUT2D eigenvalue weighted by Crippen LogP contribution is 2.35. The highest BCUT2D eigenvalue weighted by atomic mass is 16.1. The van der Waals surface area contributed by atoms with Crippen LogP contribution in [0.15, 0.2) is 48.7 Å². The van der Waals surface area contributed by atoms with Gasteiger partial charge in [-0.05, 0) is 29.5 Å². The average Bonchev–Trinajstić information content (AvgIpc) is 2.52. The molecule has 1 heterocycles. The SMILES string of the molecule is CCC(=O)c1ccc([C@@H](CC(C)(C)C)c2ccccn2)cc1. The van der Waals surface area contributed by atoms with Crippen molar-refractivity contribution >= 4 is 5.78 Å². The Morgan fingerprint density at radius 1 is 1.09 bits per heavy atom. The van der Waals surface area contributed by atoms with Crippen molar-refractivity contribution in [2.45, 2.75) is 46.5 Å². The van der Waals surface area contributed by atoms with Gasteiger partial charge in [0.1, 0.15) is 0 Å². The number of carbonyl (C=O) groups excluding carboxylic acids is 1. The number of carbonyl (C=O) groups is 1. The number of benzene rings is 1. The van der Waals surface area contributed by atoms with Gasteiger partial charge in [-0.15, -0.1) is 0 Å². The van der Waals surface area contributed by atoms with Gasteiger partial charge >= 0.3 is 0 Å². The van der Waals surface area contributed by atoms with E-state index >= 15 is 0 Å². The topological polar surface area (TPSA) is 30.0 Å². The second-order valence-corrected chi connectivity index (χ2v) is 6.97. The van der Waals surface area contributed by atoms with Crippen LogP contribution >= 0.6 is 0 Å². The van der Waals surface area contributed by atoms with E-state index < -0.39 is 0 Å². The van der Waals surface area contributed by atoms with Gasteiger partial charge in [-0.1, -0.05) is 58.0 Å². The van der Waals surface area contributed by atoms with Gasteiger partial charge in [0.2, 0.25) is 0 Å². The fraction of sp³-hybridized carbons (Fsp3) is 0.400. The molecule has 2 aromatic rings. The number of hydrogen-bond donors (Lipinski definition) is 0. The van der Waals surface area contributed by atoms with Crippen molar-refractivity contribution in [2.75, 3.05) is 0 Å². The van der Waals surface area contributed by atoms with Crippen molar-refractivity contribution in [2.24, 2.45) is 5.41 Å². The van der Waals surface area contributed by atoms with Crippen LogP contribution in [-0.2, 0) is 0 Å². The van der Waals surface area contributed by atoms with Crippen LogP contribution in [0.4, 0.5) is 0 Å². The summed E-state index contributed by atoms with van der Waals surface area (Å²) in [6.45, 7) is 8.64. The molecular weight excluding hydrogens is 270 g/mol. The number of nitrogens with zero attached hydrogens (tertiary/aromatic N) is 1. The smallest absolute Gasteiger partial charge is 0.162 e. The number of hydrogen-bond acceptors (Lipinski definition) is 2. The molecule has 0 saturated heterocycles. The lowest BCUT2D eigenvalue weighted by molar-refractivity contribution is 0.0988. The molecule has 2 heteroatoms. The van der Waals surface area contributed by atoms with Gasteiger partial charge in [-0.25, -0.2) is 0 Å². The molecule has 0 aliphatic carbocycles. The number of rotatable bonds is 5. The molecule has 0 saturated carbocycles. The first-order valence-electron chi connectivity index (χ1n) is 7.95. The average molecular weight is 295 g/mol. The minimum absolute atomic E-state index is 0.191. The molecule has 1 atom stereocenters. The van der Waals surface area contributed by atoms with E-state index in [4.69, 9.17) is 0 Å². The van der Waals surface area contributed by atoms with Gasteiger partial charge in [0, 0.05) is 29.8 Å². The predicted octanol–water partition coefficient (Wildman–Crippen LogP) is 5.24. The van der Waals surface area contributed by atoms with Gasteiger partial charge in [0.05, 0.1) is 0 Å². The second-order valence-electron chi connectivity index (χ2n) is 6.97. The molecule has 0 aliphatic heterocycles. The van der Waals surface area contributed by atoms with E-state index in [-0.39, 0.29) is 17.1 Å². The van der Waals surface area contributed by atoms with Crippen molar-refractivity contribution in [1.82, 2.24) is 4.98 Å². The molecule has 1 aromatic carbocycles. The molecule has 0 fully saturated rings. The lowest BCUT2D eigenvalue weighted by atomic mass is 9.79. The molecule has 2 nitrogen and oxygen atoms in total. The van der Waals surface area contributed by atoms with Gasteiger partial charge < -0.3 is 0 Å². The molecule has 1 aromatic heterocycles. The third-order valence-electron chi connectivity index (χ3n) is 3.82. The van der Waals surface area contributed by atoms with E-state index in [2.05, 4.69) is 44.0 Å². The van der Waals surface area contributed by atoms with Gasteiger partial charge in [0.15, 0.2) is 5.78 Å². The molecule has 0 N–H and O–H groups in total. The summed E-state index contributed by atoms with van der Waals surface area (Å²) in [5, 5.41) is 0. The standard InChI is InChI=1S/C20H25NO/c1-5-19(22)16-11-9-15(10-12-16)17(14-20(2,3)4)18-8-6-7-13-21-18/h6-13,17H,5,14H2,1-4H3/t17-/m1/s1. The Balaban J connectivity index is 2.35. The van der Waals surface area contributed by atoms with Crippen molar-refractivity contribution in [1.29, 1.82) is 0 Å². The zero-order chi connectivity index (χ0) is 16.2. The third-order valence-corrected chi connectivity index (χ3v) is 3.82. The van der Waals surface area contributed by atoms with Crippen molar-refractivity contribution in [3.63, 3.8) is 0 Å². The predicted molar refractivity (Wildman–Crippen MR) is 91.2 cm³/mol. The van der Waals surface area contributed by atoms with E-state index in [0.29, 0.717) is 6.42 Å². The molecule has 0 radical (unpaired) electrons. The van der Waals surface area contributed by atoms with E-state index in [0.717, 1.165) is 17.7 Å². The maximum absolute atomic E-state index is 11.8. The molecular formula is C20H25NO. The summed E-state index contributed by atoms with van der Waals surface area (Å²) >= 11 is 0. The normalized spacial score (nSPS) is 12.9. The maximum Gasteiger partial charge on any atom is 0.162 e. The Kier molecular flexibility index (Phi) is 5.12. The number of Topliss-reactive ketones (excluding diaryl/α,β-unsaturated/α-hetero) is 1. The third kappa shape index (κ3) is 4.27. The first kappa shape index (κ1) is 16.4. The van der Waals surface area contributed by atoms with Crippen molar-refractivity contribution in [3.05, 3.63) is 65.5 Å². The van der Waals surface area contributed by atoms with Crippen molar-refractivity contribution in [3.8, 4) is 0 Å². The Hall–Kier alpha value is -1.96. The Labute approximate surface area is 133 Å². The zero-order valence-electron chi connectivity index (χ0n) is 14.0. The number of aromatic nitrogens is 1. The lowest BCUT2D eigenvalue weighted by Crippen LogP contribution is -2.14. The second kappa shape index (κ2) is 6.87. The molecule has 2 rings (SSSR count). The number of ketones is 1. The van der Waals surface area contributed by atoms with Gasteiger partial charge in [-0.2, -0.15) is 0 Å². The van der Waals surface area contributed by atoms with Crippen molar-refractivity contribution < 1.29 is 4.79 Å². The fourth-order valence-corrected chi connectivity index (χ4v) is 2.69. The summed E-state index contributed by atoms with van der Waals surface area (Å²) in [5.41, 5.74) is 3.31. The molecule has 0 bridgehead atoms. The Morgan fingerprint density at radius 2 is 1.77 bits per heavy atom. The summed E-state index contributed by atoms with van der Waals surface area (Å²) in [4.78, 5) is 16.3. The highest BCUT2D eigenvalue weighted by Gasteiger charge is 2.23. The van der Waals surface area contributed by atoms with Gasteiger partial charge in [0.25, 0.3) is 0 Å². The lowest BCUT2D eigenvalue weighted by Gasteiger charge is -2.26. The minimum atomic E-state index is 0.191. The van der Waals surface area contributed by atoms with Crippen LogP contribution in [0.5, 0.6) is 0 Å². The molecule has 116 valence electrons. The van der Waals surface area contributed by atoms with Crippen LogP contribution in [0, 0.1) is 5.41 Å². The highest BCUT2D eigenvalue weighted by molar-refractivity contribution is 5.95. The Morgan fingerprint density at radius 3 is 2.27 bits per heavy atom. The van der Waals surface area contributed by atoms with Crippen LogP contribution in [0.3, 0.4) is 0 Å². The van der Waals surface area contributed by atoms with E-state index in [1.165, 1.54) is 5.56 Å². The summed E-state index contributed by atoms with van der Waals surface area (Å²) in [6.07, 6.45) is 3.41. The number of pyridine rings is 1.